The third-order valence-electron chi connectivity index (χ3n) is 3.04. The molecule has 1 nitrogen and oxygen atoms in total. The van der Waals surface area contributed by atoms with E-state index in [9.17, 15) is 0 Å². The van der Waals surface area contributed by atoms with Gasteiger partial charge in [0.05, 0.1) is 0 Å². The third kappa shape index (κ3) is 3.51. The molecule has 1 heterocycles. The highest BCUT2D eigenvalue weighted by Gasteiger charge is 2.32. The lowest BCUT2D eigenvalue weighted by Crippen LogP contribution is -2.31. The normalized spacial score (nSPS) is 28.2. The van der Waals surface area contributed by atoms with Crippen LogP contribution in [0.5, 0.6) is 0 Å². The van der Waals surface area contributed by atoms with Crippen LogP contribution in [-0.4, -0.2) is 17.0 Å². The van der Waals surface area contributed by atoms with Crippen molar-refractivity contribution in [1.82, 2.24) is 0 Å². The van der Waals surface area contributed by atoms with E-state index in [0.29, 0.717) is 4.75 Å². The van der Waals surface area contributed by atoms with Crippen molar-refractivity contribution in [2.75, 3.05) is 12.3 Å². The summed E-state index contributed by atoms with van der Waals surface area (Å²) in [5.41, 5.74) is 5.86. The Labute approximate surface area is 86.8 Å². The highest BCUT2D eigenvalue weighted by molar-refractivity contribution is 8.00. The predicted molar refractivity (Wildman–Crippen MR) is 62.2 cm³/mol. The molecule has 2 heteroatoms. The lowest BCUT2D eigenvalue weighted by Gasteiger charge is -2.26. The Hall–Kier alpha value is 0.310. The molecular formula is C11H23NS. The molecule has 78 valence electrons. The van der Waals surface area contributed by atoms with Gasteiger partial charge in [0, 0.05) is 11.3 Å². The highest BCUT2D eigenvalue weighted by Crippen LogP contribution is 2.41. The predicted octanol–water partition coefficient (Wildman–Crippen LogP) is 3.18. The van der Waals surface area contributed by atoms with Crippen LogP contribution in [0, 0.1) is 0 Å². The quantitative estimate of drug-likeness (QED) is 0.668. The van der Waals surface area contributed by atoms with Crippen molar-refractivity contribution in [3.63, 3.8) is 0 Å². The van der Waals surface area contributed by atoms with Gasteiger partial charge in [-0.3, -0.25) is 0 Å². The second kappa shape index (κ2) is 5.92. The number of unbranched alkanes of at least 4 members (excludes halogenated alkanes) is 3. The van der Waals surface area contributed by atoms with E-state index in [0.717, 1.165) is 6.54 Å². The maximum Gasteiger partial charge on any atom is 0.0282 e. The molecule has 1 aliphatic heterocycles. The zero-order chi connectivity index (χ0) is 9.57. The second-order valence-corrected chi connectivity index (χ2v) is 5.71. The van der Waals surface area contributed by atoms with Crippen molar-refractivity contribution >= 4 is 11.8 Å². The molecule has 1 fully saturated rings. The van der Waals surface area contributed by atoms with E-state index in [4.69, 9.17) is 5.73 Å². The summed E-state index contributed by atoms with van der Waals surface area (Å²) in [6.45, 7) is 3.16. The first-order valence-electron chi connectivity index (χ1n) is 5.67. The summed E-state index contributed by atoms with van der Waals surface area (Å²) in [4.78, 5) is 0. The molecule has 0 amide bonds. The highest BCUT2D eigenvalue weighted by atomic mass is 32.2. The number of thioether (sulfide) groups is 1. The molecule has 0 spiro atoms. The maximum atomic E-state index is 5.86. The molecule has 1 atom stereocenters. The van der Waals surface area contributed by atoms with Crippen molar-refractivity contribution < 1.29 is 0 Å². The summed E-state index contributed by atoms with van der Waals surface area (Å²) in [6.07, 6.45) is 9.62. The molecule has 0 aromatic heterocycles. The first-order chi connectivity index (χ1) is 6.33. The van der Waals surface area contributed by atoms with Gasteiger partial charge in [0.25, 0.3) is 0 Å². The standard InChI is InChI=1S/C11H23NS/c1-2-3-4-5-7-11(10-12)8-6-9-13-11/h2-10,12H2,1H3. The van der Waals surface area contributed by atoms with Crippen LogP contribution in [0.1, 0.15) is 51.9 Å². The van der Waals surface area contributed by atoms with Crippen LogP contribution in [0.15, 0.2) is 0 Å². The molecule has 0 aliphatic carbocycles. The maximum absolute atomic E-state index is 5.86. The van der Waals surface area contributed by atoms with Gasteiger partial charge in [-0.2, -0.15) is 11.8 Å². The minimum Gasteiger partial charge on any atom is -0.329 e. The van der Waals surface area contributed by atoms with Gasteiger partial charge >= 0.3 is 0 Å². The minimum atomic E-state index is 0.480. The first-order valence-corrected chi connectivity index (χ1v) is 6.65. The Balaban J connectivity index is 2.16. The molecule has 1 rings (SSSR count). The fraction of sp³-hybridized carbons (Fsp3) is 1.00. The molecule has 0 aromatic carbocycles. The molecule has 0 aromatic rings. The molecule has 1 saturated heterocycles. The SMILES string of the molecule is CCCCCCC1(CN)CCCS1. The lowest BCUT2D eigenvalue weighted by molar-refractivity contribution is 0.490. The fourth-order valence-electron chi connectivity index (χ4n) is 2.09. The molecule has 1 aliphatic rings. The van der Waals surface area contributed by atoms with Gasteiger partial charge in [-0.05, 0) is 25.0 Å². The van der Waals surface area contributed by atoms with Crippen LogP contribution in [0.25, 0.3) is 0 Å². The lowest BCUT2D eigenvalue weighted by atomic mass is 9.96. The van der Waals surface area contributed by atoms with Gasteiger partial charge in [0.2, 0.25) is 0 Å². The number of nitrogens with two attached hydrogens (primary N) is 1. The van der Waals surface area contributed by atoms with Crippen LogP contribution in [0.4, 0.5) is 0 Å². The number of hydrogen-bond acceptors (Lipinski definition) is 2. The monoisotopic (exact) mass is 201 g/mol. The summed E-state index contributed by atoms with van der Waals surface area (Å²) in [7, 11) is 0. The summed E-state index contributed by atoms with van der Waals surface area (Å²) in [6, 6.07) is 0. The van der Waals surface area contributed by atoms with Crippen LogP contribution in [0.3, 0.4) is 0 Å². The van der Waals surface area contributed by atoms with Crippen LogP contribution in [-0.2, 0) is 0 Å². The molecule has 1 unspecified atom stereocenters. The summed E-state index contributed by atoms with van der Waals surface area (Å²) >= 11 is 2.12. The van der Waals surface area contributed by atoms with E-state index >= 15 is 0 Å². The molecule has 0 saturated carbocycles. The summed E-state index contributed by atoms with van der Waals surface area (Å²) in [5, 5.41) is 0. The fourth-order valence-corrected chi connectivity index (χ4v) is 3.51. The zero-order valence-electron chi connectivity index (χ0n) is 8.85. The topological polar surface area (TPSA) is 26.0 Å². The van der Waals surface area contributed by atoms with E-state index in [2.05, 4.69) is 18.7 Å². The third-order valence-corrected chi connectivity index (χ3v) is 4.72. The van der Waals surface area contributed by atoms with E-state index in [1.54, 1.807) is 0 Å². The van der Waals surface area contributed by atoms with E-state index in [1.165, 1.54) is 50.7 Å². The van der Waals surface area contributed by atoms with E-state index in [-0.39, 0.29) is 0 Å². The molecular weight excluding hydrogens is 178 g/mol. The molecule has 13 heavy (non-hydrogen) atoms. The largest absolute Gasteiger partial charge is 0.329 e. The Bertz CT molecular complexity index is 130. The molecule has 2 N–H and O–H groups in total. The summed E-state index contributed by atoms with van der Waals surface area (Å²) in [5.74, 6) is 1.34. The minimum absolute atomic E-state index is 0.480. The second-order valence-electron chi connectivity index (χ2n) is 4.15. The molecule has 0 radical (unpaired) electrons. The van der Waals surface area contributed by atoms with Crippen LogP contribution < -0.4 is 5.73 Å². The van der Waals surface area contributed by atoms with Gasteiger partial charge in [0.15, 0.2) is 0 Å². The Morgan fingerprint density at radius 3 is 2.69 bits per heavy atom. The number of rotatable bonds is 6. The average Bonchev–Trinajstić information content (AvgIpc) is 2.62. The smallest absolute Gasteiger partial charge is 0.0282 e. The van der Waals surface area contributed by atoms with Gasteiger partial charge in [0.1, 0.15) is 0 Å². The van der Waals surface area contributed by atoms with Gasteiger partial charge < -0.3 is 5.73 Å². The van der Waals surface area contributed by atoms with Crippen molar-refractivity contribution in [3.05, 3.63) is 0 Å². The van der Waals surface area contributed by atoms with Crippen molar-refractivity contribution in [2.24, 2.45) is 5.73 Å². The Morgan fingerprint density at radius 1 is 1.31 bits per heavy atom. The van der Waals surface area contributed by atoms with Gasteiger partial charge in [-0.25, -0.2) is 0 Å². The van der Waals surface area contributed by atoms with Gasteiger partial charge in [-0.1, -0.05) is 32.6 Å². The van der Waals surface area contributed by atoms with E-state index in [1.807, 2.05) is 0 Å². The van der Waals surface area contributed by atoms with E-state index < -0.39 is 0 Å². The Kier molecular flexibility index (Phi) is 5.18. The Morgan fingerprint density at radius 2 is 2.15 bits per heavy atom. The number of hydrogen-bond donors (Lipinski definition) is 1. The van der Waals surface area contributed by atoms with Gasteiger partial charge in [-0.15, -0.1) is 0 Å². The zero-order valence-corrected chi connectivity index (χ0v) is 9.67. The van der Waals surface area contributed by atoms with Crippen molar-refractivity contribution in [3.8, 4) is 0 Å². The first kappa shape index (κ1) is 11.4. The van der Waals surface area contributed by atoms with Crippen LogP contribution >= 0.6 is 11.8 Å². The van der Waals surface area contributed by atoms with Crippen molar-refractivity contribution in [1.29, 1.82) is 0 Å². The van der Waals surface area contributed by atoms with Crippen LogP contribution in [0.2, 0.25) is 0 Å². The summed E-state index contributed by atoms with van der Waals surface area (Å²) < 4.78 is 0.480. The average molecular weight is 201 g/mol. The van der Waals surface area contributed by atoms with Crippen molar-refractivity contribution in [2.45, 2.75) is 56.6 Å². The molecule has 0 bridgehead atoms.